The van der Waals surface area contributed by atoms with E-state index in [1.54, 1.807) is 6.07 Å². The average molecular weight is 253 g/mol. The highest BCUT2D eigenvalue weighted by atomic mass is 35.5. The van der Waals surface area contributed by atoms with Crippen LogP contribution in [0, 0.1) is 0 Å². The van der Waals surface area contributed by atoms with Crippen molar-refractivity contribution in [2.75, 3.05) is 19.8 Å². The summed E-state index contributed by atoms with van der Waals surface area (Å²) in [6.45, 7) is 2.37. The molecule has 0 spiro atoms. The van der Waals surface area contributed by atoms with Gasteiger partial charge in [0, 0.05) is 30.1 Å². The van der Waals surface area contributed by atoms with Crippen molar-refractivity contribution >= 4 is 22.7 Å². The Labute approximate surface area is 104 Å². The third-order valence-electron chi connectivity index (χ3n) is 2.81. The lowest BCUT2D eigenvalue weighted by Gasteiger charge is -2.22. The maximum Gasteiger partial charge on any atom is 0.197 e. The third-order valence-corrected chi connectivity index (χ3v) is 3.05. The lowest BCUT2D eigenvalue weighted by atomic mass is 10.2. The molecule has 17 heavy (non-hydrogen) atoms. The highest BCUT2D eigenvalue weighted by Gasteiger charge is 2.16. The molecule has 2 heterocycles. The fourth-order valence-corrected chi connectivity index (χ4v) is 2.16. The maximum absolute atomic E-state index is 5.90. The zero-order valence-electron chi connectivity index (χ0n) is 9.28. The molecular formula is C12H13ClN2O2. The second-order valence-corrected chi connectivity index (χ2v) is 4.59. The Bertz CT molecular complexity index is 520. The first-order valence-corrected chi connectivity index (χ1v) is 6.05. The first-order chi connectivity index (χ1) is 8.31. The molecule has 1 aliphatic rings. The molecule has 1 atom stereocenters. The van der Waals surface area contributed by atoms with Crippen LogP contribution >= 0.6 is 11.6 Å². The molecule has 5 heteroatoms. The topological polar surface area (TPSA) is 47.3 Å². The van der Waals surface area contributed by atoms with Gasteiger partial charge in [0.2, 0.25) is 0 Å². The summed E-state index contributed by atoms with van der Waals surface area (Å²) in [5.41, 5.74) is 1.59. The molecule has 0 amide bonds. The first kappa shape index (κ1) is 11.0. The largest absolute Gasteiger partial charge is 0.441 e. The Kier molecular flexibility index (Phi) is 3.01. The van der Waals surface area contributed by atoms with E-state index < -0.39 is 0 Å². The molecule has 0 aliphatic carbocycles. The lowest BCUT2D eigenvalue weighted by Crippen LogP contribution is -2.42. The number of ether oxygens (including phenoxy) is 1. The summed E-state index contributed by atoms with van der Waals surface area (Å²) in [5.74, 6) is 0.727. The molecule has 1 saturated heterocycles. The molecule has 0 saturated carbocycles. The predicted molar refractivity (Wildman–Crippen MR) is 65.3 cm³/mol. The van der Waals surface area contributed by atoms with E-state index in [0.717, 1.165) is 36.6 Å². The highest BCUT2D eigenvalue weighted by Crippen LogP contribution is 2.20. The van der Waals surface area contributed by atoms with E-state index in [1.165, 1.54) is 0 Å². The van der Waals surface area contributed by atoms with Crippen LogP contribution in [0.3, 0.4) is 0 Å². The summed E-state index contributed by atoms with van der Waals surface area (Å²) in [5, 5.41) is 4.04. The minimum absolute atomic E-state index is 0.285. The van der Waals surface area contributed by atoms with Crippen LogP contribution < -0.4 is 5.32 Å². The molecule has 1 fully saturated rings. The van der Waals surface area contributed by atoms with Gasteiger partial charge in [-0.25, -0.2) is 4.98 Å². The number of nitrogens with one attached hydrogen (secondary N) is 1. The van der Waals surface area contributed by atoms with E-state index in [1.807, 2.05) is 12.1 Å². The van der Waals surface area contributed by atoms with Gasteiger partial charge in [0.05, 0.1) is 13.2 Å². The minimum atomic E-state index is 0.285. The van der Waals surface area contributed by atoms with E-state index in [9.17, 15) is 0 Å². The van der Waals surface area contributed by atoms with Crippen LogP contribution in [0.5, 0.6) is 0 Å². The number of aromatic nitrogens is 1. The van der Waals surface area contributed by atoms with Crippen LogP contribution in [-0.4, -0.2) is 30.8 Å². The number of benzene rings is 1. The maximum atomic E-state index is 5.90. The third kappa shape index (κ3) is 2.44. The molecule has 1 N–H and O–H groups in total. The zero-order chi connectivity index (χ0) is 11.7. The number of morpholine rings is 1. The standard InChI is InChI=1S/C12H13ClN2O2/c13-8-1-2-10-11(5-8)17-12(15-10)6-9-7-16-4-3-14-9/h1-2,5,9,14H,3-4,6-7H2. The van der Waals surface area contributed by atoms with Gasteiger partial charge in [-0.05, 0) is 12.1 Å². The van der Waals surface area contributed by atoms with Crippen molar-refractivity contribution in [3.63, 3.8) is 0 Å². The number of nitrogens with zero attached hydrogens (tertiary/aromatic N) is 1. The van der Waals surface area contributed by atoms with E-state index >= 15 is 0 Å². The van der Waals surface area contributed by atoms with Crippen LogP contribution in [0.1, 0.15) is 5.89 Å². The molecule has 2 aromatic rings. The molecule has 0 bridgehead atoms. The molecule has 0 radical (unpaired) electrons. The summed E-state index contributed by atoms with van der Waals surface area (Å²) in [4.78, 5) is 4.43. The number of halogens is 1. The van der Waals surface area contributed by atoms with Gasteiger partial charge in [-0.3, -0.25) is 0 Å². The minimum Gasteiger partial charge on any atom is -0.441 e. The van der Waals surface area contributed by atoms with E-state index in [2.05, 4.69) is 10.3 Å². The predicted octanol–water partition coefficient (Wildman–Crippen LogP) is 2.01. The van der Waals surface area contributed by atoms with Gasteiger partial charge >= 0.3 is 0 Å². The smallest absolute Gasteiger partial charge is 0.197 e. The van der Waals surface area contributed by atoms with Gasteiger partial charge in [-0.1, -0.05) is 11.6 Å². The van der Waals surface area contributed by atoms with E-state index in [0.29, 0.717) is 11.6 Å². The summed E-state index contributed by atoms with van der Waals surface area (Å²) >= 11 is 5.90. The average Bonchev–Trinajstić information content (AvgIpc) is 2.71. The van der Waals surface area contributed by atoms with Crippen molar-refractivity contribution in [3.8, 4) is 0 Å². The second kappa shape index (κ2) is 4.64. The molecule has 4 nitrogen and oxygen atoms in total. The van der Waals surface area contributed by atoms with Crippen LogP contribution in [0.15, 0.2) is 22.6 Å². The molecule has 1 aliphatic heterocycles. The number of hydrogen-bond acceptors (Lipinski definition) is 4. The number of rotatable bonds is 2. The fourth-order valence-electron chi connectivity index (χ4n) is 2.00. The van der Waals surface area contributed by atoms with Crippen molar-refractivity contribution < 1.29 is 9.15 Å². The first-order valence-electron chi connectivity index (χ1n) is 5.67. The van der Waals surface area contributed by atoms with Gasteiger partial charge in [-0.15, -0.1) is 0 Å². The SMILES string of the molecule is Clc1ccc2nc(CC3COCCN3)oc2c1. The molecule has 1 unspecified atom stereocenters. The Morgan fingerprint density at radius 2 is 2.41 bits per heavy atom. The Hall–Kier alpha value is -1.10. The Morgan fingerprint density at radius 1 is 1.47 bits per heavy atom. The number of hydrogen-bond donors (Lipinski definition) is 1. The molecular weight excluding hydrogens is 240 g/mol. The van der Waals surface area contributed by atoms with E-state index in [-0.39, 0.29) is 6.04 Å². The van der Waals surface area contributed by atoms with Gasteiger partial charge in [0.1, 0.15) is 5.52 Å². The quantitative estimate of drug-likeness (QED) is 0.888. The van der Waals surface area contributed by atoms with Crippen LogP contribution in [0.25, 0.3) is 11.1 Å². The van der Waals surface area contributed by atoms with Crippen LogP contribution in [0.4, 0.5) is 0 Å². The zero-order valence-corrected chi connectivity index (χ0v) is 10.0. The summed E-state index contributed by atoms with van der Waals surface area (Å²) in [6, 6.07) is 5.76. The van der Waals surface area contributed by atoms with Crippen molar-refractivity contribution in [2.45, 2.75) is 12.5 Å². The van der Waals surface area contributed by atoms with Crippen molar-refractivity contribution in [1.82, 2.24) is 10.3 Å². The van der Waals surface area contributed by atoms with Crippen LogP contribution in [0.2, 0.25) is 5.02 Å². The van der Waals surface area contributed by atoms with Crippen molar-refractivity contribution in [1.29, 1.82) is 0 Å². The normalized spacial score (nSPS) is 20.9. The molecule has 1 aromatic heterocycles. The Morgan fingerprint density at radius 3 is 3.24 bits per heavy atom. The number of oxazole rings is 1. The fraction of sp³-hybridized carbons (Fsp3) is 0.417. The molecule has 1 aromatic carbocycles. The highest BCUT2D eigenvalue weighted by molar-refractivity contribution is 6.31. The van der Waals surface area contributed by atoms with Crippen molar-refractivity contribution in [3.05, 3.63) is 29.1 Å². The number of fused-ring (bicyclic) bond motifs is 1. The van der Waals surface area contributed by atoms with E-state index in [4.69, 9.17) is 20.8 Å². The second-order valence-electron chi connectivity index (χ2n) is 4.15. The van der Waals surface area contributed by atoms with Gasteiger partial charge in [0.15, 0.2) is 11.5 Å². The monoisotopic (exact) mass is 252 g/mol. The van der Waals surface area contributed by atoms with Crippen LogP contribution in [-0.2, 0) is 11.2 Å². The summed E-state index contributed by atoms with van der Waals surface area (Å²) in [6.07, 6.45) is 0.742. The lowest BCUT2D eigenvalue weighted by molar-refractivity contribution is 0.0751. The van der Waals surface area contributed by atoms with Gasteiger partial charge in [-0.2, -0.15) is 0 Å². The Balaban J connectivity index is 1.80. The molecule has 3 rings (SSSR count). The summed E-state index contributed by atoms with van der Waals surface area (Å²) < 4.78 is 11.1. The van der Waals surface area contributed by atoms with Gasteiger partial charge in [0.25, 0.3) is 0 Å². The van der Waals surface area contributed by atoms with Crippen molar-refractivity contribution in [2.24, 2.45) is 0 Å². The van der Waals surface area contributed by atoms with Gasteiger partial charge < -0.3 is 14.5 Å². The summed E-state index contributed by atoms with van der Waals surface area (Å²) in [7, 11) is 0. The molecule has 90 valence electrons.